The molecule has 1 heterocycles. The van der Waals surface area contributed by atoms with Gasteiger partial charge < -0.3 is 5.32 Å². The molecule has 0 bridgehead atoms. The van der Waals surface area contributed by atoms with Crippen molar-refractivity contribution in [3.8, 4) is 0 Å². The topological polar surface area (TPSA) is 15.3 Å². The lowest BCUT2D eigenvalue weighted by atomic mass is 10.0. The van der Waals surface area contributed by atoms with Crippen molar-refractivity contribution >= 4 is 0 Å². The molecule has 104 valence electrons. The highest BCUT2D eigenvalue weighted by molar-refractivity contribution is 5.23. The number of benzene rings is 1. The van der Waals surface area contributed by atoms with E-state index in [4.69, 9.17) is 0 Å². The summed E-state index contributed by atoms with van der Waals surface area (Å²) in [5.41, 5.74) is 2.91. The van der Waals surface area contributed by atoms with E-state index >= 15 is 0 Å². The zero-order chi connectivity index (χ0) is 13.1. The summed E-state index contributed by atoms with van der Waals surface area (Å²) in [5.74, 6) is 0. The Kier molecular flexibility index (Phi) is 4.19. The molecule has 1 saturated carbocycles. The average Bonchev–Trinajstić information content (AvgIpc) is 3.24. The van der Waals surface area contributed by atoms with Crippen molar-refractivity contribution in [2.75, 3.05) is 6.54 Å². The van der Waals surface area contributed by atoms with Gasteiger partial charge in [-0.05, 0) is 50.3 Å². The van der Waals surface area contributed by atoms with E-state index in [1.165, 1.54) is 49.8 Å². The molecule has 3 rings (SSSR count). The van der Waals surface area contributed by atoms with Crippen molar-refractivity contribution in [1.82, 2.24) is 10.2 Å². The summed E-state index contributed by atoms with van der Waals surface area (Å²) in [6, 6.07) is 10.7. The molecule has 0 aromatic heterocycles. The van der Waals surface area contributed by atoms with Crippen molar-refractivity contribution < 1.29 is 0 Å². The van der Waals surface area contributed by atoms with E-state index in [-0.39, 0.29) is 0 Å². The molecule has 0 radical (unpaired) electrons. The molecule has 2 heteroatoms. The van der Waals surface area contributed by atoms with Crippen LogP contribution in [0.5, 0.6) is 0 Å². The number of hydrogen-bond donors (Lipinski definition) is 1. The van der Waals surface area contributed by atoms with Crippen molar-refractivity contribution in [1.29, 1.82) is 0 Å². The third-order valence-corrected chi connectivity index (χ3v) is 4.49. The predicted octanol–water partition coefficient (Wildman–Crippen LogP) is 3.31. The smallest absolute Gasteiger partial charge is 0.0236 e. The van der Waals surface area contributed by atoms with Gasteiger partial charge in [-0.1, -0.05) is 30.7 Å². The Bertz CT molecular complexity index is 411. The van der Waals surface area contributed by atoms with Crippen LogP contribution in [0.2, 0.25) is 0 Å². The van der Waals surface area contributed by atoms with Crippen LogP contribution in [0.1, 0.15) is 50.2 Å². The molecular formula is C17H26N2. The lowest BCUT2D eigenvalue weighted by molar-refractivity contribution is 0.152. The SMILES string of the molecule is CC1CCCCN1Cc1cccc(CNC2CC2)c1. The lowest BCUT2D eigenvalue weighted by Gasteiger charge is -2.33. The van der Waals surface area contributed by atoms with Crippen LogP contribution < -0.4 is 5.32 Å². The van der Waals surface area contributed by atoms with E-state index < -0.39 is 0 Å². The fourth-order valence-electron chi connectivity index (χ4n) is 3.01. The van der Waals surface area contributed by atoms with Gasteiger partial charge in [-0.2, -0.15) is 0 Å². The monoisotopic (exact) mass is 258 g/mol. The number of nitrogens with one attached hydrogen (secondary N) is 1. The fraction of sp³-hybridized carbons (Fsp3) is 0.647. The largest absolute Gasteiger partial charge is 0.310 e. The Morgan fingerprint density at radius 1 is 1.16 bits per heavy atom. The number of likely N-dealkylation sites (tertiary alicyclic amines) is 1. The zero-order valence-electron chi connectivity index (χ0n) is 12.1. The first kappa shape index (κ1) is 13.1. The number of nitrogens with zero attached hydrogens (tertiary/aromatic N) is 1. The minimum Gasteiger partial charge on any atom is -0.310 e. The van der Waals surface area contributed by atoms with Crippen LogP contribution in [0.25, 0.3) is 0 Å². The van der Waals surface area contributed by atoms with E-state index in [0.29, 0.717) is 0 Å². The van der Waals surface area contributed by atoms with E-state index in [1.54, 1.807) is 0 Å². The molecule has 1 saturated heterocycles. The molecule has 2 fully saturated rings. The highest BCUT2D eigenvalue weighted by Crippen LogP contribution is 2.21. The molecule has 1 unspecified atom stereocenters. The van der Waals surface area contributed by atoms with E-state index in [0.717, 1.165) is 25.2 Å². The van der Waals surface area contributed by atoms with Gasteiger partial charge in [0.1, 0.15) is 0 Å². The van der Waals surface area contributed by atoms with Gasteiger partial charge >= 0.3 is 0 Å². The van der Waals surface area contributed by atoms with E-state index in [1.807, 2.05) is 0 Å². The van der Waals surface area contributed by atoms with Crippen LogP contribution in [0.3, 0.4) is 0 Å². The van der Waals surface area contributed by atoms with Crippen molar-refractivity contribution in [2.45, 2.75) is 64.2 Å². The molecule has 1 aromatic rings. The maximum absolute atomic E-state index is 3.60. The minimum absolute atomic E-state index is 0.752. The summed E-state index contributed by atoms with van der Waals surface area (Å²) in [5, 5.41) is 3.60. The van der Waals surface area contributed by atoms with E-state index in [2.05, 4.69) is 41.4 Å². The normalized spacial score (nSPS) is 24.6. The Morgan fingerprint density at radius 3 is 2.79 bits per heavy atom. The molecule has 2 nitrogen and oxygen atoms in total. The second-order valence-corrected chi connectivity index (χ2v) is 6.29. The lowest BCUT2D eigenvalue weighted by Crippen LogP contribution is -2.36. The Labute approximate surface area is 117 Å². The molecule has 1 atom stereocenters. The molecule has 19 heavy (non-hydrogen) atoms. The standard InChI is InChI=1S/C17H26N2/c1-14-5-2-3-10-19(14)13-16-7-4-6-15(11-16)12-18-17-8-9-17/h4,6-7,11,14,17-18H,2-3,5,8-10,12-13H2,1H3. The molecule has 1 aliphatic heterocycles. The van der Waals surface area contributed by atoms with Crippen molar-refractivity contribution in [3.63, 3.8) is 0 Å². The fourth-order valence-corrected chi connectivity index (χ4v) is 3.01. The molecule has 2 aliphatic rings. The quantitative estimate of drug-likeness (QED) is 0.871. The van der Waals surface area contributed by atoms with Crippen LogP contribution in [0.4, 0.5) is 0 Å². The maximum Gasteiger partial charge on any atom is 0.0236 e. The van der Waals surface area contributed by atoms with Gasteiger partial charge in [0.25, 0.3) is 0 Å². The number of piperidine rings is 1. The average molecular weight is 258 g/mol. The second kappa shape index (κ2) is 6.06. The molecule has 1 aromatic carbocycles. The molecular weight excluding hydrogens is 232 g/mol. The summed E-state index contributed by atoms with van der Waals surface area (Å²) < 4.78 is 0. The highest BCUT2D eigenvalue weighted by atomic mass is 15.2. The third kappa shape index (κ3) is 3.80. The van der Waals surface area contributed by atoms with Crippen molar-refractivity contribution in [3.05, 3.63) is 35.4 Å². The minimum atomic E-state index is 0.752. The summed E-state index contributed by atoms with van der Waals surface area (Å²) in [7, 11) is 0. The summed E-state index contributed by atoms with van der Waals surface area (Å²) in [6.07, 6.45) is 6.87. The number of hydrogen-bond acceptors (Lipinski definition) is 2. The predicted molar refractivity (Wildman–Crippen MR) is 80.0 cm³/mol. The molecule has 0 spiro atoms. The number of rotatable bonds is 5. The van der Waals surface area contributed by atoms with Gasteiger partial charge in [0.15, 0.2) is 0 Å². The van der Waals surface area contributed by atoms with Gasteiger partial charge in [0.05, 0.1) is 0 Å². The van der Waals surface area contributed by atoms with Gasteiger partial charge in [-0.25, -0.2) is 0 Å². The molecule has 0 amide bonds. The van der Waals surface area contributed by atoms with Crippen molar-refractivity contribution in [2.24, 2.45) is 0 Å². The van der Waals surface area contributed by atoms with Crippen LogP contribution in [-0.4, -0.2) is 23.5 Å². The van der Waals surface area contributed by atoms with Crippen LogP contribution in [0.15, 0.2) is 24.3 Å². The maximum atomic E-state index is 3.60. The summed E-state index contributed by atoms with van der Waals surface area (Å²) in [6.45, 7) is 5.80. The summed E-state index contributed by atoms with van der Waals surface area (Å²) in [4.78, 5) is 2.64. The zero-order valence-corrected chi connectivity index (χ0v) is 12.1. The first-order valence-electron chi connectivity index (χ1n) is 7.86. The third-order valence-electron chi connectivity index (χ3n) is 4.49. The molecule has 1 aliphatic carbocycles. The highest BCUT2D eigenvalue weighted by Gasteiger charge is 2.20. The summed E-state index contributed by atoms with van der Waals surface area (Å²) >= 11 is 0. The Hall–Kier alpha value is -0.860. The Morgan fingerprint density at radius 2 is 2.00 bits per heavy atom. The molecule has 1 N–H and O–H groups in total. The van der Waals surface area contributed by atoms with Gasteiger partial charge in [0.2, 0.25) is 0 Å². The van der Waals surface area contributed by atoms with E-state index in [9.17, 15) is 0 Å². The first-order valence-corrected chi connectivity index (χ1v) is 7.86. The van der Waals surface area contributed by atoms with Gasteiger partial charge in [-0.3, -0.25) is 4.90 Å². The van der Waals surface area contributed by atoms with Crippen LogP contribution in [0, 0.1) is 0 Å². The van der Waals surface area contributed by atoms with Crippen LogP contribution in [-0.2, 0) is 13.1 Å². The second-order valence-electron chi connectivity index (χ2n) is 6.29. The Balaban J connectivity index is 1.58. The van der Waals surface area contributed by atoms with Gasteiger partial charge in [0, 0.05) is 25.2 Å². The van der Waals surface area contributed by atoms with Crippen LogP contribution >= 0.6 is 0 Å². The van der Waals surface area contributed by atoms with Gasteiger partial charge in [-0.15, -0.1) is 0 Å². The first-order chi connectivity index (χ1) is 9.31.